The number of alkyl halides is 3. The molecule has 9 nitrogen and oxygen atoms in total. The number of amides is 1. The molecular weight excluding hydrogens is 555 g/mol. The Kier molecular flexibility index (Phi) is 10.1. The number of aliphatic carboxylic acids is 1. The first kappa shape index (κ1) is 34.1. The highest BCUT2D eigenvalue weighted by Gasteiger charge is 2.38. The maximum atomic E-state index is 13.4. The van der Waals surface area contributed by atoms with Crippen molar-refractivity contribution in [3.05, 3.63) is 57.6 Å². The lowest BCUT2D eigenvalue weighted by atomic mass is 9.78. The van der Waals surface area contributed by atoms with Crippen LogP contribution in [0.3, 0.4) is 0 Å². The van der Waals surface area contributed by atoms with E-state index in [0.29, 0.717) is 35.6 Å². The summed E-state index contributed by atoms with van der Waals surface area (Å²) in [6.45, 7) is 14.7. The second-order valence-electron chi connectivity index (χ2n) is 11.9. The van der Waals surface area contributed by atoms with Gasteiger partial charge in [-0.05, 0) is 47.6 Å². The van der Waals surface area contributed by atoms with Crippen LogP contribution in [0.1, 0.15) is 91.4 Å². The Morgan fingerprint density at radius 3 is 1.90 bits per heavy atom. The second-order valence-corrected chi connectivity index (χ2v) is 11.9. The first-order chi connectivity index (χ1) is 19.1. The van der Waals surface area contributed by atoms with Crippen LogP contribution in [-0.2, 0) is 22.2 Å². The molecule has 0 atom stereocenters. The number of ether oxygens (including phenoxy) is 1. The molecule has 4 N–H and O–H groups in total. The average Bonchev–Trinajstić information content (AvgIpc) is 3.15. The van der Waals surface area contributed by atoms with E-state index in [1.807, 2.05) is 48.5 Å². The Morgan fingerprint density at radius 2 is 1.50 bits per heavy atom. The lowest BCUT2D eigenvalue weighted by Crippen LogP contribution is -2.31. The van der Waals surface area contributed by atoms with Gasteiger partial charge < -0.3 is 25.2 Å². The molecular formula is C30H38F3N3O6. The SMILES string of the molecule is CCOc1cc2c(cc1C(=O)NC)C(=N)N(CC(=O)c1cc(C(C)(C)C)c(O)c(C(C)(C)C)c1)C2.O=C(O)C(F)(F)F. The molecule has 0 bridgehead atoms. The second kappa shape index (κ2) is 12.4. The van der Waals surface area contributed by atoms with Crippen molar-refractivity contribution in [2.75, 3.05) is 20.2 Å². The molecule has 1 aliphatic heterocycles. The number of phenolic OH excluding ortho intramolecular Hbond substituents is 1. The van der Waals surface area contributed by atoms with Crippen LogP contribution >= 0.6 is 0 Å². The predicted molar refractivity (Wildman–Crippen MR) is 152 cm³/mol. The number of benzene rings is 2. The fourth-order valence-electron chi connectivity index (χ4n) is 4.35. The van der Waals surface area contributed by atoms with Gasteiger partial charge in [0.25, 0.3) is 5.91 Å². The molecule has 230 valence electrons. The standard InChI is InChI=1S/C28H37N3O4.C2HF3O2/c1-9-35-23-12-17-14-31(25(29)18(17)13-19(23)26(34)30-8)15-22(32)16-10-20(27(2,3)4)24(33)21(11-16)28(5,6)7;3-2(4,5)1(6)7/h10-13,29,33H,9,14-15H2,1-8H3,(H,30,34);(H,6,7). The van der Waals surface area contributed by atoms with E-state index in [-0.39, 0.29) is 40.7 Å². The third-order valence-corrected chi connectivity index (χ3v) is 6.53. The van der Waals surface area contributed by atoms with Gasteiger partial charge in [0, 0.05) is 35.8 Å². The van der Waals surface area contributed by atoms with Gasteiger partial charge in [-0.25, -0.2) is 4.79 Å². The van der Waals surface area contributed by atoms with E-state index >= 15 is 0 Å². The number of fused-ring (bicyclic) bond motifs is 1. The largest absolute Gasteiger partial charge is 0.507 e. The lowest BCUT2D eigenvalue weighted by molar-refractivity contribution is -0.192. The van der Waals surface area contributed by atoms with Crippen LogP contribution in [0.25, 0.3) is 0 Å². The summed E-state index contributed by atoms with van der Waals surface area (Å²) in [7, 11) is 1.55. The van der Waals surface area contributed by atoms with Gasteiger partial charge in [0.05, 0.1) is 18.7 Å². The van der Waals surface area contributed by atoms with Gasteiger partial charge in [0.2, 0.25) is 0 Å². The van der Waals surface area contributed by atoms with Gasteiger partial charge in [0.15, 0.2) is 5.78 Å². The zero-order valence-corrected chi connectivity index (χ0v) is 25.0. The number of aromatic hydroxyl groups is 1. The molecule has 3 rings (SSSR count). The van der Waals surface area contributed by atoms with Crippen molar-refractivity contribution in [1.29, 1.82) is 5.41 Å². The Morgan fingerprint density at radius 1 is 1.00 bits per heavy atom. The van der Waals surface area contributed by atoms with Gasteiger partial charge >= 0.3 is 12.1 Å². The number of nitrogens with zero attached hydrogens (tertiary/aromatic N) is 1. The molecule has 1 amide bonds. The van der Waals surface area contributed by atoms with Gasteiger partial charge in [-0.15, -0.1) is 0 Å². The number of hydrogen-bond acceptors (Lipinski definition) is 6. The number of hydrogen-bond donors (Lipinski definition) is 4. The Hall–Kier alpha value is -4.09. The number of carbonyl (C=O) groups excluding carboxylic acids is 2. The molecule has 0 radical (unpaired) electrons. The quantitative estimate of drug-likeness (QED) is 0.329. The fraction of sp³-hybridized carbons (Fsp3) is 0.467. The van der Waals surface area contributed by atoms with E-state index in [2.05, 4.69) is 5.32 Å². The molecule has 2 aromatic carbocycles. The highest BCUT2D eigenvalue weighted by molar-refractivity contribution is 6.07. The van der Waals surface area contributed by atoms with E-state index in [0.717, 1.165) is 16.7 Å². The minimum Gasteiger partial charge on any atom is -0.507 e. The number of nitrogens with one attached hydrogen (secondary N) is 2. The average molecular weight is 594 g/mol. The van der Waals surface area contributed by atoms with Gasteiger partial charge in [-0.3, -0.25) is 15.0 Å². The van der Waals surface area contributed by atoms with E-state index in [4.69, 9.17) is 20.0 Å². The number of carboxylic acid groups (broad SMARTS) is 1. The van der Waals surface area contributed by atoms with E-state index in [9.17, 15) is 27.9 Å². The Bertz CT molecular complexity index is 1350. The topological polar surface area (TPSA) is 140 Å². The Labute approximate surface area is 243 Å². The molecule has 2 aromatic rings. The fourth-order valence-corrected chi connectivity index (χ4v) is 4.35. The van der Waals surface area contributed by atoms with Crippen LogP contribution in [0, 0.1) is 5.41 Å². The normalized spacial score (nSPS) is 13.2. The first-order valence-corrected chi connectivity index (χ1v) is 13.2. The van der Waals surface area contributed by atoms with Crippen LogP contribution in [0.4, 0.5) is 13.2 Å². The first-order valence-electron chi connectivity index (χ1n) is 13.2. The molecule has 0 saturated heterocycles. The third-order valence-electron chi connectivity index (χ3n) is 6.53. The van der Waals surface area contributed by atoms with Crippen molar-refractivity contribution in [3.8, 4) is 11.5 Å². The molecule has 0 spiro atoms. The van der Waals surface area contributed by atoms with E-state index in [1.54, 1.807) is 36.2 Å². The highest BCUT2D eigenvalue weighted by atomic mass is 19.4. The van der Waals surface area contributed by atoms with Gasteiger partial charge in [-0.1, -0.05) is 41.5 Å². The maximum absolute atomic E-state index is 13.4. The number of Topliss-reactive ketones (excluding diaryl/α,β-unsaturated/α-hetero) is 1. The van der Waals surface area contributed by atoms with E-state index in [1.165, 1.54) is 0 Å². The molecule has 0 aromatic heterocycles. The maximum Gasteiger partial charge on any atom is 0.490 e. The van der Waals surface area contributed by atoms with E-state index < -0.39 is 12.1 Å². The summed E-state index contributed by atoms with van der Waals surface area (Å²) in [6.07, 6.45) is -5.08. The smallest absolute Gasteiger partial charge is 0.490 e. The highest BCUT2D eigenvalue weighted by Crippen LogP contribution is 2.40. The molecule has 0 saturated carbocycles. The summed E-state index contributed by atoms with van der Waals surface area (Å²) < 4.78 is 37.4. The molecule has 1 heterocycles. The number of rotatable bonds is 6. The lowest BCUT2D eigenvalue weighted by Gasteiger charge is -2.28. The minimum atomic E-state index is -5.08. The number of carboxylic acids is 1. The number of carbonyl (C=O) groups is 3. The van der Waals surface area contributed by atoms with Gasteiger partial charge in [-0.2, -0.15) is 13.2 Å². The zero-order chi connectivity index (χ0) is 32.4. The van der Waals surface area contributed by atoms with Crippen molar-refractivity contribution < 1.29 is 42.5 Å². The number of phenols is 1. The Balaban J connectivity index is 0.000000782. The summed E-state index contributed by atoms with van der Waals surface area (Å²) in [6, 6.07) is 7.01. The molecule has 42 heavy (non-hydrogen) atoms. The molecule has 0 aliphatic carbocycles. The molecule has 0 fully saturated rings. The van der Waals surface area contributed by atoms with Crippen molar-refractivity contribution in [2.45, 2.75) is 72.0 Å². The van der Waals surface area contributed by atoms with Crippen molar-refractivity contribution >= 4 is 23.5 Å². The summed E-state index contributed by atoms with van der Waals surface area (Å²) >= 11 is 0. The van der Waals surface area contributed by atoms with Gasteiger partial charge in [0.1, 0.15) is 17.3 Å². The van der Waals surface area contributed by atoms with Crippen LogP contribution in [0.5, 0.6) is 11.5 Å². The molecule has 0 unspecified atom stereocenters. The number of ketones is 1. The minimum absolute atomic E-state index is 0.0186. The van der Waals surface area contributed by atoms with Crippen molar-refractivity contribution in [3.63, 3.8) is 0 Å². The van der Waals surface area contributed by atoms with Crippen molar-refractivity contribution in [1.82, 2.24) is 10.2 Å². The van der Waals surface area contributed by atoms with Crippen LogP contribution in [-0.4, -0.2) is 65.0 Å². The monoisotopic (exact) mass is 593 g/mol. The van der Waals surface area contributed by atoms with Crippen molar-refractivity contribution in [2.24, 2.45) is 0 Å². The number of amidine groups is 1. The summed E-state index contributed by atoms with van der Waals surface area (Å²) in [5, 5.41) is 29.4. The number of halogens is 3. The summed E-state index contributed by atoms with van der Waals surface area (Å²) in [5.74, 6) is -2.27. The van der Waals surface area contributed by atoms with Crippen LogP contribution in [0.15, 0.2) is 24.3 Å². The third kappa shape index (κ3) is 7.80. The molecule has 12 heteroatoms. The van der Waals surface area contributed by atoms with Crippen LogP contribution in [0.2, 0.25) is 0 Å². The molecule has 1 aliphatic rings. The summed E-state index contributed by atoms with van der Waals surface area (Å²) in [4.78, 5) is 36.4. The van der Waals surface area contributed by atoms with Crippen LogP contribution < -0.4 is 10.1 Å². The summed E-state index contributed by atoms with van der Waals surface area (Å²) in [5.41, 5.74) is 3.11. The zero-order valence-electron chi connectivity index (χ0n) is 25.0. The predicted octanol–water partition coefficient (Wildman–Crippen LogP) is 5.40.